The number of aromatic nitrogens is 1. The van der Waals surface area contributed by atoms with Crippen LogP contribution in [0.2, 0.25) is 0 Å². The Morgan fingerprint density at radius 1 is 1.32 bits per heavy atom. The number of nitrogens with one attached hydrogen (secondary N) is 1. The molecule has 0 aliphatic heterocycles. The lowest BCUT2D eigenvalue weighted by atomic mass is 10.2. The topological polar surface area (TPSA) is 60.5 Å². The van der Waals surface area contributed by atoms with Crippen LogP contribution in [0.1, 0.15) is 19.4 Å². The summed E-state index contributed by atoms with van der Waals surface area (Å²) >= 11 is 3.32. The normalized spacial score (nSPS) is 10.4. The monoisotopic (exact) mass is 364 g/mol. The predicted molar refractivity (Wildman–Crippen MR) is 88.0 cm³/mol. The molecule has 0 saturated heterocycles. The van der Waals surface area contributed by atoms with E-state index in [2.05, 4.69) is 26.2 Å². The molecule has 0 aliphatic carbocycles. The molecule has 0 atom stereocenters. The van der Waals surface area contributed by atoms with Crippen molar-refractivity contribution in [2.45, 2.75) is 26.6 Å². The summed E-state index contributed by atoms with van der Waals surface area (Å²) in [5.74, 6) is 0.356. The molecule has 6 heteroatoms. The fraction of sp³-hybridized carbons (Fsp3) is 0.250. The Bertz CT molecular complexity index is 633. The van der Waals surface area contributed by atoms with Gasteiger partial charge in [0.25, 0.3) is 0 Å². The number of carbonyl (C=O) groups excluding carboxylic acids is 1. The van der Waals surface area contributed by atoms with Crippen LogP contribution in [0.25, 0.3) is 0 Å². The zero-order valence-corrected chi connectivity index (χ0v) is 14.0. The largest absolute Gasteiger partial charge is 0.473 e. The van der Waals surface area contributed by atoms with Gasteiger partial charge in [-0.3, -0.25) is 5.32 Å². The van der Waals surface area contributed by atoms with Crippen LogP contribution < -0.4 is 10.1 Å². The molecule has 5 nitrogen and oxygen atoms in total. The third-order valence-corrected chi connectivity index (χ3v) is 3.05. The number of rotatable bonds is 5. The van der Waals surface area contributed by atoms with E-state index in [1.165, 1.54) is 0 Å². The number of ether oxygens (including phenoxy) is 2. The third-order valence-electron chi connectivity index (χ3n) is 2.61. The van der Waals surface area contributed by atoms with Crippen molar-refractivity contribution in [1.29, 1.82) is 0 Å². The quantitative estimate of drug-likeness (QED) is 0.854. The Morgan fingerprint density at radius 3 is 2.73 bits per heavy atom. The Labute approximate surface area is 137 Å². The number of benzene rings is 1. The molecule has 2 aromatic rings. The fourth-order valence-corrected chi connectivity index (χ4v) is 2.03. The summed E-state index contributed by atoms with van der Waals surface area (Å²) in [6.45, 7) is 3.98. The Hall–Kier alpha value is -2.08. The first kappa shape index (κ1) is 16.3. The van der Waals surface area contributed by atoms with E-state index >= 15 is 0 Å². The summed E-state index contributed by atoms with van der Waals surface area (Å²) in [6.07, 6.45) is 1.00. The zero-order chi connectivity index (χ0) is 15.9. The molecule has 0 fully saturated rings. The lowest BCUT2D eigenvalue weighted by Crippen LogP contribution is -2.16. The summed E-state index contributed by atoms with van der Waals surface area (Å²) in [5, 5.41) is 2.65. The maximum Gasteiger partial charge on any atom is 0.412 e. The van der Waals surface area contributed by atoms with Gasteiger partial charge in [0.15, 0.2) is 0 Å². The van der Waals surface area contributed by atoms with Gasteiger partial charge < -0.3 is 9.47 Å². The highest BCUT2D eigenvalue weighted by Crippen LogP contribution is 2.26. The minimum absolute atomic E-state index is 0.0467. The van der Waals surface area contributed by atoms with E-state index in [0.717, 1.165) is 10.0 Å². The highest BCUT2D eigenvalue weighted by atomic mass is 79.9. The number of anilines is 1. The molecule has 22 heavy (non-hydrogen) atoms. The predicted octanol–water partition coefficient (Wildman–Crippen LogP) is 4.38. The van der Waals surface area contributed by atoms with E-state index in [0.29, 0.717) is 11.6 Å². The van der Waals surface area contributed by atoms with Gasteiger partial charge in [0.1, 0.15) is 12.3 Å². The standard InChI is InChI=1S/C16H17BrN2O3/c1-11(2)22-15-14(8-13(17)9-18-15)19-16(20)21-10-12-6-4-3-5-7-12/h3-9,11H,10H2,1-2H3,(H,19,20). The minimum Gasteiger partial charge on any atom is -0.473 e. The molecule has 0 saturated carbocycles. The molecule has 2 rings (SSSR count). The first-order valence-electron chi connectivity index (χ1n) is 6.84. The highest BCUT2D eigenvalue weighted by molar-refractivity contribution is 9.10. The van der Waals surface area contributed by atoms with Gasteiger partial charge >= 0.3 is 6.09 Å². The number of amides is 1. The van der Waals surface area contributed by atoms with Crippen molar-refractivity contribution in [2.24, 2.45) is 0 Å². The van der Waals surface area contributed by atoms with E-state index < -0.39 is 6.09 Å². The molecule has 116 valence electrons. The number of hydrogen-bond donors (Lipinski definition) is 1. The van der Waals surface area contributed by atoms with Crippen molar-refractivity contribution < 1.29 is 14.3 Å². The zero-order valence-electron chi connectivity index (χ0n) is 12.4. The van der Waals surface area contributed by atoms with Crippen molar-refractivity contribution >= 4 is 27.7 Å². The first-order chi connectivity index (χ1) is 10.5. The van der Waals surface area contributed by atoms with Crippen LogP contribution >= 0.6 is 15.9 Å². The Morgan fingerprint density at radius 2 is 2.05 bits per heavy atom. The number of halogens is 1. The van der Waals surface area contributed by atoms with E-state index in [-0.39, 0.29) is 12.7 Å². The van der Waals surface area contributed by atoms with E-state index in [4.69, 9.17) is 9.47 Å². The summed E-state index contributed by atoms with van der Waals surface area (Å²) in [4.78, 5) is 16.1. The van der Waals surface area contributed by atoms with Crippen LogP contribution in [0.5, 0.6) is 5.88 Å². The van der Waals surface area contributed by atoms with E-state index in [1.807, 2.05) is 44.2 Å². The SMILES string of the molecule is CC(C)Oc1ncc(Br)cc1NC(=O)OCc1ccccc1. The summed E-state index contributed by atoms with van der Waals surface area (Å²) in [5.41, 5.74) is 1.38. The molecule has 0 aliphatic rings. The van der Waals surface area contributed by atoms with Crippen molar-refractivity contribution in [3.63, 3.8) is 0 Å². The van der Waals surface area contributed by atoms with Gasteiger partial charge in [0.05, 0.1) is 6.10 Å². The molecule has 1 N–H and O–H groups in total. The van der Waals surface area contributed by atoms with Gasteiger partial charge in [-0.1, -0.05) is 30.3 Å². The number of hydrogen-bond acceptors (Lipinski definition) is 4. The van der Waals surface area contributed by atoms with Crippen LogP contribution in [-0.4, -0.2) is 17.2 Å². The van der Waals surface area contributed by atoms with Crippen molar-refractivity contribution in [2.75, 3.05) is 5.32 Å². The van der Waals surface area contributed by atoms with E-state index in [1.54, 1.807) is 12.3 Å². The van der Waals surface area contributed by atoms with Crippen LogP contribution in [0.3, 0.4) is 0 Å². The summed E-state index contributed by atoms with van der Waals surface area (Å²) < 4.78 is 11.5. The second kappa shape index (κ2) is 7.79. The van der Waals surface area contributed by atoms with Crippen LogP contribution in [0, 0.1) is 0 Å². The first-order valence-corrected chi connectivity index (χ1v) is 7.64. The second-order valence-electron chi connectivity index (χ2n) is 4.86. The molecular weight excluding hydrogens is 348 g/mol. The van der Waals surface area contributed by atoms with Crippen LogP contribution in [-0.2, 0) is 11.3 Å². The lowest BCUT2D eigenvalue weighted by molar-refractivity contribution is 0.154. The van der Waals surface area contributed by atoms with Crippen molar-refractivity contribution in [3.05, 3.63) is 52.6 Å². The Kier molecular flexibility index (Phi) is 5.77. The second-order valence-corrected chi connectivity index (χ2v) is 5.78. The van der Waals surface area contributed by atoms with Gasteiger partial charge in [0.2, 0.25) is 5.88 Å². The molecule has 0 spiro atoms. The lowest BCUT2D eigenvalue weighted by Gasteiger charge is -2.14. The summed E-state index contributed by atoms with van der Waals surface area (Å²) in [7, 11) is 0. The molecule has 1 aromatic carbocycles. The maximum absolute atomic E-state index is 11.9. The van der Waals surface area contributed by atoms with Gasteiger partial charge in [-0.2, -0.15) is 0 Å². The number of pyridine rings is 1. The average Bonchev–Trinajstić information content (AvgIpc) is 2.49. The van der Waals surface area contributed by atoms with Gasteiger partial charge in [0, 0.05) is 10.7 Å². The van der Waals surface area contributed by atoms with Gasteiger partial charge in [-0.05, 0) is 41.4 Å². The summed E-state index contributed by atoms with van der Waals surface area (Å²) in [6, 6.07) is 11.2. The Balaban J connectivity index is 2.00. The maximum atomic E-state index is 11.9. The van der Waals surface area contributed by atoms with Crippen LogP contribution in [0.4, 0.5) is 10.5 Å². The highest BCUT2D eigenvalue weighted by Gasteiger charge is 2.12. The fourth-order valence-electron chi connectivity index (χ4n) is 1.70. The number of carbonyl (C=O) groups is 1. The molecular formula is C16H17BrN2O3. The molecule has 0 unspecified atom stereocenters. The van der Waals surface area contributed by atoms with Crippen LogP contribution in [0.15, 0.2) is 47.1 Å². The van der Waals surface area contributed by atoms with Crippen molar-refractivity contribution in [3.8, 4) is 5.88 Å². The minimum atomic E-state index is -0.558. The smallest absolute Gasteiger partial charge is 0.412 e. The van der Waals surface area contributed by atoms with Crippen molar-refractivity contribution in [1.82, 2.24) is 4.98 Å². The molecule has 1 amide bonds. The molecule has 0 radical (unpaired) electrons. The number of nitrogens with zero attached hydrogens (tertiary/aromatic N) is 1. The van der Waals surface area contributed by atoms with E-state index in [9.17, 15) is 4.79 Å². The average molecular weight is 365 g/mol. The third kappa shape index (κ3) is 5.04. The van der Waals surface area contributed by atoms with Gasteiger partial charge in [-0.25, -0.2) is 9.78 Å². The van der Waals surface area contributed by atoms with Gasteiger partial charge in [-0.15, -0.1) is 0 Å². The molecule has 1 heterocycles. The molecule has 1 aromatic heterocycles. The molecule has 0 bridgehead atoms.